The Morgan fingerprint density at radius 1 is 1.04 bits per heavy atom. The highest BCUT2D eigenvalue weighted by Crippen LogP contribution is 2.24. The molecule has 1 aromatic carbocycles. The molecule has 0 amide bonds. The highest BCUT2D eigenvalue weighted by atomic mass is 16.3. The summed E-state index contributed by atoms with van der Waals surface area (Å²) in [6.07, 6.45) is 3.13. The second-order valence-corrected chi connectivity index (χ2v) is 6.45. The van der Waals surface area contributed by atoms with Crippen LogP contribution in [0.3, 0.4) is 0 Å². The molecule has 0 aliphatic carbocycles. The molecule has 0 spiro atoms. The molecule has 0 saturated heterocycles. The number of anilines is 1. The average molecular weight is 348 g/mol. The minimum absolute atomic E-state index is 0.571. The monoisotopic (exact) mass is 348 g/mol. The predicted octanol–water partition coefficient (Wildman–Crippen LogP) is 3.81. The topological polar surface area (TPSA) is 70.9 Å². The summed E-state index contributed by atoms with van der Waals surface area (Å²) in [6.45, 7) is 4.50. The van der Waals surface area contributed by atoms with Gasteiger partial charge in [0.2, 0.25) is 0 Å². The van der Waals surface area contributed by atoms with E-state index in [2.05, 4.69) is 27.2 Å². The molecule has 0 radical (unpaired) electrons. The Labute approximate surface area is 154 Å². The highest BCUT2D eigenvalue weighted by Gasteiger charge is 2.22. The average Bonchev–Trinajstić information content (AvgIpc) is 2.69. The van der Waals surface area contributed by atoms with Crippen molar-refractivity contribution in [1.82, 2.24) is 15.0 Å². The molecular formula is C21H24N4O. The lowest BCUT2D eigenvalue weighted by Crippen LogP contribution is -2.24. The Hall–Kier alpha value is -2.79. The van der Waals surface area contributed by atoms with Gasteiger partial charge in [-0.3, -0.25) is 4.98 Å². The number of hydrogen-bond donors (Lipinski definition) is 2. The Kier molecular flexibility index (Phi) is 5.58. The van der Waals surface area contributed by atoms with E-state index in [1.165, 1.54) is 0 Å². The third-order valence-corrected chi connectivity index (χ3v) is 4.35. The van der Waals surface area contributed by atoms with E-state index >= 15 is 0 Å². The van der Waals surface area contributed by atoms with Crippen LogP contribution in [0.1, 0.15) is 31.5 Å². The molecule has 2 N–H and O–H groups in total. The van der Waals surface area contributed by atoms with Crippen LogP contribution in [-0.4, -0.2) is 26.6 Å². The smallest absolute Gasteiger partial charge is 0.180 e. The van der Waals surface area contributed by atoms with Crippen LogP contribution in [0.2, 0.25) is 0 Å². The molecule has 5 nitrogen and oxygen atoms in total. The lowest BCUT2D eigenvalue weighted by molar-refractivity contribution is 0.0515. The van der Waals surface area contributed by atoms with Crippen molar-refractivity contribution in [2.45, 2.75) is 32.3 Å². The van der Waals surface area contributed by atoms with Crippen LogP contribution < -0.4 is 5.32 Å². The number of pyridine rings is 1. The number of aliphatic hydroxyl groups is 1. The van der Waals surface area contributed by atoms with Crippen molar-refractivity contribution in [2.24, 2.45) is 0 Å². The molecule has 0 saturated carbocycles. The largest absolute Gasteiger partial charge is 0.385 e. The molecule has 0 bridgehead atoms. The fraction of sp³-hybridized carbons (Fsp3) is 0.286. The number of nitrogens with one attached hydrogen (secondary N) is 1. The van der Waals surface area contributed by atoms with Crippen molar-refractivity contribution in [3.05, 3.63) is 72.1 Å². The first kappa shape index (κ1) is 18.0. The zero-order chi connectivity index (χ0) is 18.4. The van der Waals surface area contributed by atoms with E-state index in [0.29, 0.717) is 18.8 Å². The minimum atomic E-state index is -0.890. The van der Waals surface area contributed by atoms with Crippen LogP contribution in [-0.2, 0) is 12.0 Å². The van der Waals surface area contributed by atoms with Gasteiger partial charge in [-0.15, -0.1) is 0 Å². The molecular weight excluding hydrogens is 324 g/mol. The molecule has 26 heavy (non-hydrogen) atoms. The summed E-state index contributed by atoms with van der Waals surface area (Å²) in [7, 11) is 0. The van der Waals surface area contributed by atoms with Gasteiger partial charge in [0.25, 0.3) is 0 Å². The van der Waals surface area contributed by atoms with Crippen LogP contribution in [0.5, 0.6) is 0 Å². The van der Waals surface area contributed by atoms with Gasteiger partial charge in [0.15, 0.2) is 5.82 Å². The second kappa shape index (κ2) is 8.06. The summed E-state index contributed by atoms with van der Waals surface area (Å²) < 4.78 is 0. The molecule has 0 fully saturated rings. The molecule has 1 unspecified atom stereocenters. The normalized spacial score (nSPS) is 13.2. The molecule has 3 aromatic rings. The van der Waals surface area contributed by atoms with Crippen molar-refractivity contribution < 1.29 is 5.11 Å². The van der Waals surface area contributed by atoms with Crippen LogP contribution in [0, 0.1) is 0 Å². The Morgan fingerprint density at radius 2 is 1.81 bits per heavy atom. The second-order valence-electron chi connectivity index (χ2n) is 6.45. The van der Waals surface area contributed by atoms with Gasteiger partial charge in [-0.05, 0) is 37.5 Å². The summed E-state index contributed by atoms with van der Waals surface area (Å²) in [6, 6.07) is 17.4. The van der Waals surface area contributed by atoms with E-state index in [0.717, 1.165) is 29.2 Å². The van der Waals surface area contributed by atoms with E-state index in [9.17, 15) is 5.11 Å². The molecule has 3 rings (SSSR count). The van der Waals surface area contributed by atoms with Gasteiger partial charge in [0.05, 0.1) is 5.60 Å². The predicted molar refractivity (Wildman–Crippen MR) is 104 cm³/mol. The van der Waals surface area contributed by atoms with Crippen LogP contribution in [0.15, 0.2) is 60.8 Å². The zero-order valence-corrected chi connectivity index (χ0v) is 15.2. The van der Waals surface area contributed by atoms with E-state index in [1.807, 2.05) is 61.5 Å². The Morgan fingerprint density at radius 3 is 2.50 bits per heavy atom. The third-order valence-electron chi connectivity index (χ3n) is 4.35. The van der Waals surface area contributed by atoms with Gasteiger partial charge < -0.3 is 10.4 Å². The van der Waals surface area contributed by atoms with Gasteiger partial charge in [-0.1, -0.05) is 43.3 Å². The maximum absolute atomic E-state index is 10.7. The van der Waals surface area contributed by atoms with Gasteiger partial charge in [0.1, 0.15) is 11.5 Å². The van der Waals surface area contributed by atoms with Gasteiger partial charge in [-0.2, -0.15) is 0 Å². The van der Waals surface area contributed by atoms with E-state index in [-0.39, 0.29) is 0 Å². The summed E-state index contributed by atoms with van der Waals surface area (Å²) >= 11 is 0. The van der Waals surface area contributed by atoms with Crippen LogP contribution in [0.4, 0.5) is 5.82 Å². The first-order chi connectivity index (χ1) is 12.6. The fourth-order valence-corrected chi connectivity index (χ4v) is 2.75. The van der Waals surface area contributed by atoms with Crippen LogP contribution >= 0.6 is 0 Å². The lowest BCUT2D eigenvalue weighted by Gasteiger charge is -2.24. The molecule has 5 heteroatoms. The number of rotatable bonds is 7. The van der Waals surface area contributed by atoms with Crippen LogP contribution in [0.25, 0.3) is 11.5 Å². The molecule has 1 atom stereocenters. The minimum Gasteiger partial charge on any atom is -0.385 e. The van der Waals surface area contributed by atoms with Gasteiger partial charge in [0, 0.05) is 24.5 Å². The maximum atomic E-state index is 10.7. The highest BCUT2D eigenvalue weighted by molar-refractivity contribution is 5.52. The number of hydrogen-bond acceptors (Lipinski definition) is 5. The summed E-state index contributed by atoms with van der Waals surface area (Å²) in [4.78, 5) is 13.5. The number of nitrogens with zero attached hydrogens (tertiary/aromatic N) is 3. The van der Waals surface area contributed by atoms with E-state index in [1.54, 1.807) is 6.20 Å². The summed E-state index contributed by atoms with van der Waals surface area (Å²) in [5.74, 6) is 1.36. The van der Waals surface area contributed by atoms with Crippen molar-refractivity contribution >= 4 is 5.82 Å². The van der Waals surface area contributed by atoms with Crippen molar-refractivity contribution in [3.63, 3.8) is 0 Å². The zero-order valence-electron chi connectivity index (χ0n) is 15.2. The molecule has 0 aliphatic heterocycles. The summed E-state index contributed by atoms with van der Waals surface area (Å²) in [5, 5.41) is 14.0. The van der Waals surface area contributed by atoms with E-state index < -0.39 is 5.60 Å². The van der Waals surface area contributed by atoms with Crippen molar-refractivity contribution in [1.29, 1.82) is 0 Å². The standard InChI is InChI=1S/C21H24N4O/c1-3-17-15-19(25-20(24-17)18-11-7-8-13-22-18)23-14-12-21(2,26)16-9-5-4-6-10-16/h4-11,13,15,26H,3,12,14H2,1-2H3,(H,23,24,25). The Bertz CT molecular complexity index is 835. The molecule has 134 valence electrons. The lowest BCUT2D eigenvalue weighted by atomic mass is 9.93. The quantitative estimate of drug-likeness (QED) is 0.679. The number of aromatic nitrogens is 3. The first-order valence-corrected chi connectivity index (χ1v) is 8.89. The van der Waals surface area contributed by atoms with E-state index in [4.69, 9.17) is 0 Å². The fourth-order valence-electron chi connectivity index (χ4n) is 2.75. The first-order valence-electron chi connectivity index (χ1n) is 8.89. The maximum Gasteiger partial charge on any atom is 0.180 e. The molecule has 2 aromatic heterocycles. The van der Waals surface area contributed by atoms with Crippen molar-refractivity contribution in [2.75, 3.05) is 11.9 Å². The number of aryl methyl sites for hydroxylation is 1. The third kappa shape index (κ3) is 4.43. The Balaban J connectivity index is 1.72. The molecule has 2 heterocycles. The SMILES string of the molecule is CCc1cc(NCCC(C)(O)c2ccccc2)nc(-c2ccccn2)n1. The van der Waals surface area contributed by atoms with Gasteiger partial charge >= 0.3 is 0 Å². The molecule has 0 aliphatic rings. The van der Waals surface area contributed by atoms with Gasteiger partial charge in [-0.25, -0.2) is 9.97 Å². The summed E-state index contributed by atoms with van der Waals surface area (Å²) in [5.41, 5.74) is 1.73. The van der Waals surface area contributed by atoms with Crippen molar-refractivity contribution in [3.8, 4) is 11.5 Å². The number of benzene rings is 1.